The van der Waals surface area contributed by atoms with Gasteiger partial charge in [-0.25, -0.2) is 17.9 Å². The lowest BCUT2D eigenvalue weighted by atomic mass is 9.68. The van der Waals surface area contributed by atoms with E-state index in [1.54, 1.807) is 52.2 Å². The highest BCUT2D eigenvalue weighted by Crippen LogP contribution is 2.47. The van der Waals surface area contributed by atoms with Crippen LogP contribution in [0.4, 0.5) is 10.5 Å². The molecule has 1 aliphatic heterocycles. The number of anilines is 1. The van der Waals surface area contributed by atoms with E-state index in [0.29, 0.717) is 42.7 Å². The molecule has 260 valence electrons. The number of halogens is 1. The molecule has 1 unspecified atom stereocenters. The summed E-state index contributed by atoms with van der Waals surface area (Å²) in [4.78, 5) is 29.1. The number of hydrogen-bond donors (Lipinski definition) is 2. The lowest BCUT2D eigenvalue weighted by molar-refractivity contribution is -0.124. The predicted molar refractivity (Wildman–Crippen MR) is 188 cm³/mol. The first-order valence-electron chi connectivity index (χ1n) is 16.4. The summed E-state index contributed by atoms with van der Waals surface area (Å²) in [5.74, 6) is 0.102. The highest BCUT2D eigenvalue weighted by Gasteiger charge is 2.45. The second-order valence-electron chi connectivity index (χ2n) is 13.9. The molecule has 1 spiro atoms. The van der Waals surface area contributed by atoms with Crippen LogP contribution in [-0.2, 0) is 31.4 Å². The van der Waals surface area contributed by atoms with E-state index in [-0.39, 0.29) is 22.1 Å². The van der Waals surface area contributed by atoms with Crippen molar-refractivity contribution in [3.05, 3.63) is 77.9 Å². The van der Waals surface area contributed by atoms with E-state index < -0.39 is 33.7 Å². The lowest BCUT2D eigenvalue weighted by Crippen LogP contribution is -2.53. The van der Waals surface area contributed by atoms with Crippen molar-refractivity contribution in [1.82, 2.24) is 14.9 Å². The average Bonchev–Trinajstić information content (AvgIpc) is 3.18. The van der Waals surface area contributed by atoms with Gasteiger partial charge in [0.05, 0.1) is 22.7 Å². The summed E-state index contributed by atoms with van der Waals surface area (Å²) in [5.41, 5.74) is 1.52. The van der Waals surface area contributed by atoms with Crippen molar-refractivity contribution < 1.29 is 27.5 Å². The summed E-state index contributed by atoms with van der Waals surface area (Å²) < 4.78 is 41.9. The van der Waals surface area contributed by atoms with Crippen molar-refractivity contribution in [1.29, 1.82) is 0 Å². The van der Waals surface area contributed by atoms with Gasteiger partial charge in [0.2, 0.25) is 0 Å². The second kappa shape index (κ2) is 14.1. The zero-order valence-corrected chi connectivity index (χ0v) is 29.8. The third-order valence-corrected chi connectivity index (χ3v) is 11.6. The molecule has 1 fully saturated rings. The molecule has 5 rings (SSSR count). The van der Waals surface area contributed by atoms with Gasteiger partial charge < -0.3 is 24.6 Å². The Balaban J connectivity index is 1.50. The van der Waals surface area contributed by atoms with Crippen LogP contribution in [-0.4, -0.2) is 77.3 Å². The van der Waals surface area contributed by atoms with Crippen molar-refractivity contribution in [2.24, 2.45) is 11.8 Å². The second-order valence-corrected chi connectivity index (χ2v) is 16.1. The van der Waals surface area contributed by atoms with Gasteiger partial charge >= 0.3 is 6.09 Å². The molecule has 2 aliphatic carbocycles. The number of nitrogens with one attached hydrogen (secondary N) is 2. The largest absolute Gasteiger partial charge is 0.490 e. The van der Waals surface area contributed by atoms with E-state index in [4.69, 9.17) is 21.1 Å². The number of ether oxygens (including phenoxy) is 2. The summed E-state index contributed by atoms with van der Waals surface area (Å²) in [6.45, 7) is 12.8. The van der Waals surface area contributed by atoms with E-state index in [1.165, 1.54) is 22.1 Å². The van der Waals surface area contributed by atoms with Crippen LogP contribution in [0.5, 0.6) is 5.75 Å². The number of carbonyl (C=O) groups excluding carboxylic acids is 2. The molecule has 0 radical (unpaired) electrons. The summed E-state index contributed by atoms with van der Waals surface area (Å²) in [7, 11) is -0.932. The van der Waals surface area contributed by atoms with Crippen LogP contribution in [0.3, 0.4) is 0 Å². The fraction of sp³-hybridized carbons (Fsp3) is 0.500. The van der Waals surface area contributed by atoms with Crippen molar-refractivity contribution in [2.45, 2.75) is 67.9 Å². The topological polar surface area (TPSA) is 117 Å². The maximum absolute atomic E-state index is 13.6. The third kappa shape index (κ3) is 7.38. The maximum atomic E-state index is 13.6. The Morgan fingerprint density at radius 1 is 1.21 bits per heavy atom. The number of rotatable bonds is 11. The summed E-state index contributed by atoms with van der Waals surface area (Å²) in [5, 5.41) is 3.69. The predicted octanol–water partition coefficient (Wildman–Crippen LogP) is 5.45. The molecule has 10 nitrogen and oxygen atoms in total. The first kappa shape index (κ1) is 35.8. The standard InChI is InChI=1S/C36H47ClN4O6S/c1-7-18-38-35(3,4)33(42)39-48(44,45)27-13-16-32-30(20-27)41(21-25-11-14-28(25)31(8-2)47-34(43)40(5)6)22-36(23-46-32)17-9-10-24-19-26(37)12-15-29(24)36/h7-8,12-13,15-16,19-20,25,28,31,38H,1-2,9-11,14,17-18,21-23H2,3-6H3,(H,39,42)/t25-,28+,31?,36-/m0/s1. The molecule has 2 N–H and O–H groups in total. The van der Waals surface area contributed by atoms with E-state index in [9.17, 15) is 18.0 Å². The average molecular weight is 699 g/mol. The van der Waals surface area contributed by atoms with Crippen LogP contribution in [0, 0.1) is 11.8 Å². The van der Waals surface area contributed by atoms with Crippen LogP contribution in [0.15, 0.2) is 66.6 Å². The van der Waals surface area contributed by atoms with Gasteiger partial charge in [0.1, 0.15) is 11.9 Å². The fourth-order valence-corrected chi connectivity index (χ4v) is 8.37. The minimum absolute atomic E-state index is 0.0384. The molecule has 4 atom stereocenters. The molecule has 1 saturated carbocycles. The molecule has 3 aliphatic rings. The number of nitrogens with zero attached hydrogens (tertiary/aromatic N) is 2. The first-order chi connectivity index (χ1) is 22.7. The molecule has 12 heteroatoms. The van der Waals surface area contributed by atoms with Crippen molar-refractivity contribution in [3.63, 3.8) is 0 Å². The monoisotopic (exact) mass is 698 g/mol. The maximum Gasteiger partial charge on any atom is 0.409 e. The van der Waals surface area contributed by atoms with Gasteiger partial charge in [-0.3, -0.25) is 4.79 Å². The molecule has 2 amide bonds. The van der Waals surface area contributed by atoms with Crippen LogP contribution in [0.2, 0.25) is 5.02 Å². The van der Waals surface area contributed by atoms with Gasteiger partial charge in [0.25, 0.3) is 15.9 Å². The zero-order valence-electron chi connectivity index (χ0n) is 28.3. The van der Waals surface area contributed by atoms with Gasteiger partial charge in [-0.2, -0.15) is 0 Å². The Morgan fingerprint density at radius 3 is 2.65 bits per heavy atom. The quantitative estimate of drug-likeness (QED) is 0.298. The van der Waals surface area contributed by atoms with E-state index in [1.807, 2.05) is 12.1 Å². The Labute approximate surface area is 289 Å². The van der Waals surface area contributed by atoms with Crippen molar-refractivity contribution in [2.75, 3.05) is 45.2 Å². The number of sulfonamides is 1. The fourth-order valence-electron chi connectivity index (χ4n) is 7.05. The molecule has 48 heavy (non-hydrogen) atoms. The minimum Gasteiger partial charge on any atom is -0.490 e. The molecular formula is C36H47ClN4O6S. The zero-order chi connectivity index (χ0) is 34.9. The lowest BCUT2D eigenvalue weighted by Gasteiger charge is -2.46. The Bertz CT molecular complexity index is 1680. The number of amides is 2. The van der Waals surface area contributed by atoms with Crippen molar-refractivity contribution in [3.8, 4) is 5.75 Å². The number of fused-ring (bicyclic) bond motifs is 3. The summed E-state index contributed by atoms with van der Waals surface area (Å²) >= 11 is 6.41. The molecule has 2 aromatic carbocycles. The van der Waals surface area contributed by atoms with E-state index in [0.717, 1.165) is 32.1 Å². The number of carbonyl (C=O) groups is 2. The van der Waals surface area contributed by atoms with E-state index >= 15 is 0 Å². The first-order valence-corrected chi connectivity index (χ1v) is 18.3. The van der Waals surface area contributed by atoms with Crippen LogP contribution >= 0.6 is 11.6 Å². The van der Waals surface area contributed by atoms with Crippen LogP contribution in [0.1, 0.15) is 50.7 Å². The molecule has 0 saturated heterocycles. The van der Waals surface area contributed by atoms with Gasteiger partial charge in [-0.05, 0) is 93.3 Å². The van der Waals surface area contributed by atoms with Gasteiger partial charge in [0.15, 0.2) is 0 Å². The number of aryl methyl sites for hydroxylation is 1. The molecule has 2 aromatic rings. The Kier molecular flexibility index (Phi) is 10.5. The number of hydrogen-bond acceptors (Lipinski definition) is 8. The smallest absolute Gasteiger partial charge is 0.409 e. The van der Waals surface area contributed by atoms with Crippen LogP contribution < -0.4 is 19.7 Å². The van der Waals surface area contributed by atoms with Crippen molar-refractivity contribution >= 4 is 39.3 Å². The van der Waals surface area contributed by atoms with E-state index in [2.05, 4.69) is 34.2 Å². The molecule has 0 aromatic heterocycles. The van der Waals surface area contributed by atoms with Gasteiger partial charge in [-0.15, -0.1) is 6.58 Å². The highest BCUT2D eigenvalue weighted by molar-refractivity contribution is 7.90. The Hall–Kier alpha value is -3.54. The van der Waals surface area contributed by atoms with Crippen LogP contribution in [0.25, 0.3) is 0 Å². The summed E-state index contributed by atoms with van der Waals surface area (Å²) in [6, 6.07) is 10.8. The SMILES string of the molecule is C=CCNC(C)(C)C(=O)NS(=O)(=O)c1ccc2c(c1)N(C[C@@H]1CC[C@H]1C(C=C)OC(=O)N(C)C)C[C@@]1(CCCc3cc(Cl)ccc31)CO2. The summed E-state index contributed by atoms with van der Waals surface area (Å²) in [6.07, 6.45) is 7.00. The molecule has 0 bridgehead atoms. The number of benzene rings is 2. The minimum atomic E-state index is -4.23. The molecular weight excluding hydrogens is 652 g/mol. The molecule has 1 heterocycles. The Morgan fingerprint density at radius 2 is 1.98 bits per heavy atom. The van der Waals surface area contributed by atoms with Gasteiger partial charge in [0, 0.05) is 50.1 Å². The third-order valence-electron chi connectivity index (χ3n) is 9.99. The highest BCUT2D eigenvalue weighted by atomic mass is 35.5. The normalized spacial score (nSPS) is 22.6. The van der Waals surface area contributed by atoms with Gasteiger partial charge in [-0.1, -0.05) is 36.4 Å².